The molecule has 0 bridgehead atoms. The largest absolute Gasteiger partial charge is 0.345 e. The lowest BCUT2D eigenvalue weighted by atomic mass is 9.87. The van der Waals surface area contributed by atoms with Gasteiger partial charge in [-0.15, -0.1) is 0 Å². The maximum atomic E-state index is 13.2. The van der Waals surface area contributed by atoms with Gasteiger partial charge in [-0.1, -0.05) is 6.07 Å². The lowest BCUT2D eigenvalue weighted by Crippen LogP contribution is -2.19. The van der Waals surface area contributed by atoms with Crippen molar-refractivity contribution in [3.63, 3.8) is 0 Å². The van der Waals surface area contributed by atoms with Crippen LogP contribution < -0.4 is 0 Å². The SMILES string of the molecule is CN(C)C(=O)C=C1CCCc2ccc(F)cc21. The van der Waals surface area contributed by atoms with Crippen LogP contribution in [0.1, 0.15) is 24.0 Å². The van der Waals surface area contributed by atoms with Gasteiger partial charge in [0.05, 0.1) is 0 Å². The van der Waals surface area contributed by atoms with Gasteiger partial charge >= 0.3 is 0 Å². The lowest BCUT2D eigenvalue weighted by Gasteiger charge is -2.19. The first kappa shape index (κ1) is 11.8. The average Bonchev–Trinajstić information content (AvgIpc) is 2.29. The van der Waals surface area contributed by atoms with Crippen molar-refractivity contribution in [2.75, 3.05) is 14.1 Å². The standard InChI is InChI=1S/C14H16FNO/c1-16(2)14(17)8-11-5-3-4-10-6-7-12(15)9-13(10)11/h6-9H,3-5H2,1-2H3. The van der Waals surface area contributed by atoms with Gasteiger partial charge in [-0.05, 0) is 48.1 Å². The van der Waals surface area contributed by atoms with Crippen LogP contribution in [0, 0.1) is 5.82 Å². The Morgan fingerprint density at radius 3 is 2.82 bits per heavy atom. The van der Waals surface area contributed by atoms with Crippen molar-refractivity contribution in [3.8, 4) is 0 Å². The van der Waals surface area contributed by atoms with E-state index in [1.807, 2.05) is 6.07 Å². The molecule has 0 fully saturated rings. The lowest BCUT2D eigenvalue weighted by molar-refractivity contribution is -0.123. The zero-order chi connectivity index (χ0) is 12.4. The van der Waals surface area contributed by atoms with Gasteiger partial charge in [-0.2, -0.15) is 0 Å². The Hall–Kier alpha value is -1.64. The predicted molar refractivity (Wildman–Crippen MR) is 66.0 cm³/mol. The molecule has 1 amide bonds. The number of hydrogen-bond acceptors (Lipinski definition) is 1. The van der Waals surface area contributed by atoms with Crippen molar-refractivity contribution in [2.24, 2.45) is 0 Å². The molecule has 0 unspecified atom stereocenters. The van der Waals surface area contributed by atoms with Crippen LogP contribution in [0.3, 0.4) is 0 Å². The molecule has 0 aromatic heterocycles. The number of amides is 1. The van der Waals surface area contributed by atoms with Gasteiger partial charge < -0.3 is 4.90 Å². The molecular weight excluding hydrogens is 217 g/mol. The van der Waals surface area contributed by atoms with E-state index >= 15 is 0 Å². The van der Waals surface area contributed by atoms with Crippen LogP contribution in [-0.2, 0) is 11.2 Å². The fraction of sp³-hybridized carbons (Fsp3) is 0.357. The topological polar surface area (TPSA) is 20.3 Å². The van der Waals surface area contributed by atoms with Crippen LogP contribution in [0.15, 0.2) is 24.3 Å². The Balaban J connectivity index is 2.40. The number of nitrogens with zero attached hydrogens (tertiary/aromatic N) is 1. The molecule has 0 radical (unpaired) electrons. The van der Waals surface area contributed by atoms with E-state index in [4.69, 9.17) is 0 Å². The second-order valence-electron chi connectivity index (χ2n) is 4.56. The van der Waals surface area contributed by atoms with Gasteiger partial charge in [-0.25, -0.2) is 4.39 Å². The summed E-state index contributed by atoms with van der Waals surface area (Å²) < 4.78 is 13.2. The predicted octanol–water partition coefficient (Wildman–Crippen LogP) is 2.63. The van der Waals surface area contributed by atoms with Crippen molar-refractivity contribution in [2.45, 2.75) is 19.3 Å². The second kappa shape index (κ2) is 4.70. The maximum Gasteiger partial charge on any atom is 0.246 e. The summed E-state index contributed by atoms with van der Waals surface area (Å²) in [5.74, 6) is -0.286. The molecule has 17 heavy (non-hydrogen) atoms. The van der Waals surface area contributed by atoms with Gasteiger partial charge in [0.1, 0.15) is 5.82 Å². The number of carbonyl (C=O) groups is 1. The van der Waals surface area contributed by atoms with Crippen LogP contribution in [0.2, 0.25) is 0 Å². The molecule has 2 nitrogen and oxygen atoms in total. The normalized spacial score (nSPS) is 16.8. The zero-order valence-corrected chi connectivity index (χ0v) is 10.2. The fourth-order valence-corrected chi connectivity index (χ4v) is 2.10. The minimum Gasteiger partial charge on any atom is -0.345 e. The van der Waals surface area contributed by atoms with E-state index in [9.17, 15) is 9.18 Å². The molecule has 1 aliphatic rings. The molecule has 0 heterocycles. The molecule has 0 spiro atoms. The number of fused-ring (bicyclic) bond motifs is 1. The third kappa shape index (κ3) is 2.54. The first-order chi connectivity index (χ1) is 8.08. The minimum atomic E-state index is -0.242. The van der Waals surface area contributed by atoms with Gasteiger partial charge in [0, 0.05) is 20.2 Å². The number of aryl methyl sites for hydroxylation is 1. The third-order valence-electron chi connectivity index (χ3n) is 3.05. The number of likely N-dealkylation sites (N-methyl/N-ethyl adjacent to an activating group) is 1. The Kier molecular flexibility index (Phi) is 3.27. The summed E-state index contributed by atoms with van der Waals surface area (Å²) >= 11 is 0. The van der Waals surface area contributed by atoms with Crippen molar-refractivity contribution >= 4 is 11.5 Å². The first-order valence-corrected chi connectivity index (χ1v) is 5.78. The van der Waals surface area contributed by atoms with Crippen molar-refractivity contribution in [1.29, 1.82) is 0 Å². The highest BCUT2D eigenvalue weighted by atomic mass is 19.1. The summed E-state index contributed by atoms with van der Waals surface area (Å²) in [6.45, 7) is 0. The average molecular weight is 233 g/mol. The van der Waals surface area contributed by atoms with Crippen molar-refractivity contribution < 1.29 is 9.18 Å². The van der Waals surface area contributed by atoms with E-state index in [0.717, 1.165) is 36.0 Å². The fourth-order valence-electron chi connectivity index (χ4n) is 2.10. The minimum absolute atomic E-state index is 0.0443. The molecule has 3 heteroatoms. The highest BCUT2D eigenvalue weighted by Crippen LogP contribution is 2.31. The van der Waals surface area contributed by atoms with E-state index in [0.29, 0.717) is 0 Å². The Morgan fingerprint density at radius 2 is 2.12 bits per heavy atom. The second-order valence-corrected chi connectivity index (χ2v) is 4.56. The summed E-state index contributed by atoms with van der Waals surface area (Å²) in [6.07, 6.45) is 4.45. The van der Waals surface area contributed by atoms with E-state index < -0.39 is 0 Å². The molecule has 0 atom stereocenters. The van der Waals surface area contributed by atoms with Crippen LogP contribution in [0.25, 0.3) is 5.57 Å². The first-order valence-electron chi connectivity index (χ1n) is 5.78. The molecule has 1 aliphatic carbocycles. The summed E-state index contributed by atoms with van der Waals surface area (Å²) in [5.41, 5.74) is 2.98. The van der Waals surface area contributed by atoms with E-state index in [1.54, 1.807) is 20.2 Å². The zero-order valence-electron chi connectivity index (χ0n) is 10.2. The van der Waals surface area contributed by atoms with Crippen molar-refractivity contribution in [3.05, 3.63) is 41.2 Å². The maximum absolute atomic E-state index is 13.2. The number of benzene rings is 1. The molecular formula is C14H16FNO. The Bertz CT molecular complexity index is 477. The van der Waals surface area contributed by atoms with Gasteiger partial charge in [0.2, 0.25) is 5.91 Å². The van der Waals surface area contributed by atoms with Crippen LogP contribution in [0.5, 0.6) is 0 Å². The Labute approximate surface area is 101 Å². The van der Waals surface area contributed by atoms with E-state index in [-0.39, 0.29) is 11.7 Å². The van der Waals surface area contributed by atoms with Gasteiger partial charge in [-0.3, -0.25) is 4.79 Å². The molecule has 1 aromatic rings. The third-order valence-corrected chi connectivity index (χ3v) is 3.05. The monoisotopic (exact) mass is 233 g/mol. The highest BCUT2D eigenvalue weighted by molar-refractivity contribution is 5.95. The van der Waals surface area contributed by atoms with Gasteiger partial charge in [0.25, 0.3) is 0 Å². The quantitative estimate of drug-likeness (QED) is 0.683. The summed E-state index contributed by atoms with van der Waals surface area (Å²) in [6, 6.07) is 4.83. The molecule has 90 valence electrons. The summed E-state index contributed by atoms with van der Waals surface area (Å²) in [5, 5.41) is 0. The molecule has 0 saturated heterocycles. The van der Waals surface area contributed by atoms with E-state index in [2.05, 4.69) is 0 Å². The summed E-state index contributed by atoms with van der Waals surface area (Å²) in [7, 11) is 3.43. The van der Waals surface area contributed by atoms with Crippen LogP contribution in [0.4, 0.5) is 4.39 Å². The summed E-state index contributed by atoms with van der Waals surface area (Å²) in [4.78, 5) is 13.2. The Morgan fingerprint density at radius 1 is 1.35 bits per heavy atom. The molecule has 2 rings (SSSR count). The number of allylic oxidation sites excluding steroid dienone is 1. The van der Waals surface area contributed by atoms with Gasteiger partial charge in [0.15, 0.2) is 0 Å². The molecule has 0 N–H and O–H groups in total. The number of carbonyl (C=O) groups excluding carboxylic acids is 1. The van der Waals surface area contributed by atoms with Crippen molar-refractivity contribution in [1.82, 2.24) is 4.90 Å². The van der Waals surface area contributed by atoms with E-state index in [1.165, 1.54) is 17.0 Å². The van der Waals surface area contributed by atoms with Crippen LogP contribution >= 0.6 is 0 Å². The molecule has 1 aromatic carbocycles. The highest BCUT2D eigenvalue weighted by Gasteiger charge is 2.16. The molecule has 0 saturated carbocycles. The number of rotatable bonds is 1. The molecule has 0 aliphatic heterocycles. The number of hydrogen-bond donors (Lipinski definition) is 0. The smallest absolute Gasteiger partial charge is 0.246 e. The van der Waals surface area contributed by atoms with Crippen LogP contribution in [-0.4, -0.2) is 24.9 Å². The number of halogens is 1.